The number of hydrogen-bond donors (Lipinski definition) is 3. The second-order valence-corrected chi connectivity index (χ2v) is 8.00. The second kappa shape index (κ2) is 9.78. The van der Waals surface area contributed by atoms with Gasteiger partial charge < -0.3 is 25.6 Å². The van der Waals surface area contributed by atoms with Crippen LogP contribution in [0.25, 0.3) is 11.3 Å². The molecule has 4 heterocycles. The van der Waals surface area contributed by atoms with Crippen LogP contribution in [-0.2, 0) is 9.59 Å². The first kappa shape index (κ1) is 21.8. The zero-order chi connectivity index (χ0) is 22.5. The number of carbonyl (C=O) groups excluding carboxylic acids is 3. The summed E-state index contributed by atoms with van der Waals surface area (Å²) in [7, 11) is 0. The molecule has 0 aliphatic carbocycles. The summed E-state index contributed by atoms with van der Waals surface area (Å²) in [6, 6.07) is 10.6. The van der Waals surface area contributed by atoms with Gasteiger partial charge in [-0.05, 0) is 30.7 Å². The van der Waals surface area contributed by atoms with E-state index >= 15 is 0 Å². The molecule has 3 aliphatic heterocycles. The number of hydrogen-bond acceptors (Lipinski definition) is 6. The van der Waals surface area contributed by atoms with Gasteiger partial charge in [0.2, 0.25) is 11.8 Å². The van der Waals surface area contributed by atoms with E-state index in [0.29, 0.717) is 49.7 Å². The van der Waals surface area contributed by atoms with Crippen molar-refractivity contribution in [3.05, 3.63) is 48.2 Å². The van der Waals surface area contributed by atoms with Gasteiger partial charge in [0.1, 0.15) is 18.1 Å². The van der Waals surface area contributed by atoms with E-state index in [1.807, 2.05) is 18.2 Å². The number of carbonyl (C=O) groups is 3. The van der Waals surface area contributed by atoms with E-state index in [9.17, 15) is 14.4 Å². The third-order valence-corrected chi connectivity index (χ3v) is 5.63. The van der Waals surface area contributed by atoms with Crippen molar-refractivity contribution in [1.82, 2.24) is 25.8 Å². The zero-order valence-electron chi connectivity index (χ0n) is 18.0. The third-order valence-electron chi connectivity index (χ3n) is 5.63. The Morgan fingerprint density at radius 2 is 1.94 bits per heavy atom. The Hall–Kier alpha value is -3.46. The van der Waals surface area contributed by atoms with Gasteiger partial charge in [-0.3, -0.25) is 19.4 Å². The van der Waals surface area contributed by atoms with Crippen molar-refractivity contribution in [1.29, 1.82) is 0 Å². The van der Waals surface area contributed by atoms with Gasteiger partial charge in [-0.1, -0.05) is 12.1 Å². The minimum absolute atomic E-state index is 0.0688. The highest BCUT2D eigenvalue weighted by molar-refractivity contribution is 5.94. The van der Waals surface area contributed by atoms with E-state index in [1.54, 1.807) is 29.3 Å². The molecule has 0 spiro atoms. The lowest BCUT2D eigenvalue weighted by atomic mass is 10.1. The molecule has 9 nitrogen and oxygen atoms in total. The largest absolute Gasteiger partial charge is 0.489 e. The molecular formula is C23H27N5O4. The number of ether oxygens (including phenoxy) is 1. The number of rotatable bonds is 1. The molecule has 3 N–H and O–H groups in total. The van der Waals surface area contributed by atoms with Crippen molar-refractivity contribution >= 4 is 17.7 Å². The Bertz CT molecular complexity index is 994. The minimum Gasteiger partial charge on any atom is -0.489 e. The second-order valence-electron chi connectivity index (χ2n) is 8.00. The maximum absolute atomic E-state index is 12.9. The fourth-order valence-electron chi connectivity index (χ4n) is 4.12. The molecule has 1 aromatic heterocycles. The first-order chi connectivity index (χ1) is 15.5. The van der Waals surface area contributed by atoms with Crippen LogP contribution < -0.4 is 20.7 Å². The molecule has 32 heavy (non-hydrogen) atoms. The van der Waals surface area contributed by atoms with Crippen molar-refractivity contribution < 1.29 is 19.1 Å². The maximum atomic E-state index is 12.9. The Balaban J connectivity index is 1.60. The van der Waals surface area contributed by atoms with Crippen LogP contribution in [0.5, 0.6) is 5.75 Å². The van der Waals surface area contributed by atoms with E-state index in [2.05, 4.69) is 20.9 Å². The van der Waals surface area contributed by atoms with Crippen LogP contribution in [0.1, 0.15) is 23.7 Å². The monoisotopic (exact) mass is 437 g/mol. The highest BCUT2D eigenvalue weighted by Crippen LogP contribution is 2.29. The predicted octanol–water partition coefficient (Wildman–Crippen LogP) is 0.566. The van der Waals surface area contributed by atoms with Crippen molar-refractivity contribution in [3.8, 4) is 17.0 Å². The molecule has 3 aliphatic rings. The molecule has 2 bridgehead atoms. The highest BCUT2D eigenvalue weighted by atomic mass is 16.5. The van der Waals surface area contributed by atoms with Gasteiger partial charge in [0.15, 0.2) is 0 Å². The molecule has 3 amide bonds. The molecule has 0 radical (unpaired) electrons. The first-order valence-corrected chi connectivity index (χ1v) is 10.7. The normalized spacial score (nSPS) is 21.7. The first-order valence-electron chi connectivity index (χ1n) is 10.7. The van der Waals surface area contributed by atoms with Crippen LogP contribution in [0.3, 0.4) is 0 Å². The standard InChI is InChI=1S/C23H27N5O4/c1-15(29)27-18-11-19-14-32-20-3-2-8-25-22(20)16-4-6-17(7-5-16)23(31)26-10-9-24-12-21(30)28(19)13-18/h2-8,18-19,24H,9-14H2,1H3,(H,26,31)(H,27,29)/t18-,19-/m0/s1. The van der Waals surface area contributed by atoms with Gasteiger partial charge in [-0.15, -0.1) is 0 Å². The lowest BCUT2D eigenvalue weighted by Crippen LogP contribution is -2.45. The summed E-state index contributed by atoms with van der Waals surface area (Å²) in [6.07, 6.45) is 2.31. The van der Waals surface area contributed by atoms with Crippen molar-refractivity contribution in [2.45, 2.75) is 25.4 Å². The number of nitrogens with one attached hydrogen (secondary N) is 3. The van der Waals surface area contributed by atoms with E-state index in [1.165, 1.54) is 6.92 Å². The summed E-state index contributed by atoms with van der Waals surface area (Å²) < 4.78 is 6.13. The molecule has 2 atom stereocenters. The van der Waals surface area contributed by atoms with Crippen LogP contribution >= 0.6 is 0 Å². The predicted molar refractivity (Wildman–Crippen MR) is 118 cm³/mol. The topological polar surface area (TPSA) is 113 Å². The Kier molecular flexibility index (Phi) is 6.65. The van der Waals surface area contributed by atoms with E-state index < -0.39 is 0 Å². The van der Waals surface area contributed by atoms with E-state index in [0.717, 1.165) is 5.56 Å². The molecular weight excluding hydrogens is 410 g/mol. The smallest absolute Gasteiger partial charge is 0.251 e. The number of amides is 3. The molecule has 1 aromatic carbocycles. The summed E-state index contributed by atoms with van der Waals surface area (Å²) in [5, 5.41) is 8.84. The van der Waals surface area contributed by atoms with Crippen molar-refractivity contribution in [2.24, 2.45) is 0 Å². The third kappa shape index (κ3) is 5.05. The molecule has 0 saturated carbocycles. The summed E-state index contributed by atoms with van der Waals surface area (Å²) in [5.74, 6) is 0.234. The number of benzene rings is 1. The summed E-state index contributed by atoms with van der Waals surface area (Å²) in [4.78, 5) is 43.0. The molecule has 1 saturated heterocycles. The molecule has 0 unspecified atom stereocenters. The molecule has 168 valence electrons. The fourth-order valence-corrected chi connectivity index (χ4v) is 4.12. The summed E-state index contributed by atoms with van der Waals surface area (Å²) in [6.45, 7) is 3.22. The SMILES string of the molecule is CC(=O)N[C@H]1C[C@H]2COc3cccnc3-c3ccc(cc3)C(=O)NCCNCC(=O)N2C1. The zero-order valence-corrected chi connectivity index (χ0v) is 18.0. The van der Waals surface area contributed by atoms with E-state index in [-0.39, 0.29) is 36.3 Å². The van der Waals surface area contributed by atoms with Gasteiger partial charge >= 0.3 is 0 Å². The lowest BCUT2D eigenvalue weighted by Gasteiger charge is -2.25. The molecule has 9 heteroatoms. The number of aromatic nitrogens is 1. The number of fused-ring (bicyclic) bond motifs is 9. The van der Waals surface area contributed by atoms with Gasteiger partial charge in [0.25, 0.3) is 5.91 Å². The van der Waals surface area contributed by atoms with Gasteiger partial charge in [-0.25, -0.2) is 0 Å². The van der Waals surface area contributed by atoms with Crippen LogP contribution in [0, 0.1) is 0 Å². The summed E-state index contributed by atoms with van der Waals surface area (Å²) in [5.41, 5.74) is 2.05. The van der Waals surface area contributed by atoms with Gasteiger partial charge in [0, 0.05) is 49.9 Å². The fraction of sp³-hybridized carbons (Fsp3) is 0.391. The minimum atomic E-state index is -0.177. The van der Waals surface area contributed by atoms with Crippen LogP contribution in [-0.4, -0.2) is 72.5 Å². The quantitative estimate of drug-likeness (QED) is 0.601. The molecule has 2 aromatic rings. The average Bonchev–Trinajstić information content (AvgIpc) is 3.19. The highest BCUT2D eigenvalue weighted by Gasteiger charge is 2.36. The molecule has 5 rings (SSSR count). The average molecular weight is 438 g/mol. The van der Waals surface area contributed by atoms with Crippen LogP contribution in [0.2, 0.25) is 0 Å². The van der Waals surface area contributed by atoms with Crippen LogP contribution in [0.15, 0.2) is 42.6 Å². The maximum Gasteiger partial charge on any atom is 0.251 e. The van der Waals surface area contributed by atoms with E-state index in [4.69, 9.17) is 4.74 Å². The number of nitrogens with zero attached hydrogens (tertiary/aromatic N) is 2. The van der Waals surface area contributed by atoms with Crippen molar-refractivity contribution in [2.75, 3.05) is 32.8 Å². The number of pyridine rings is 1. The summed E-state index contributed by atoms with van der Waals surface area (Å²) >= 11 is 0. The Labute approximate surface area is 186 Å². The van der Waals surface area contributed by atoms with Gasteiger partial charge in [0.05, 0.1) is 12.6 Å². The van der Waals surface area contributed by atoms with Crippen molar-refractivity contribution in [3.63, 3.8) is 0 Å². The van der Waals surface area contributed by atoms with Crippen LogP contribution in [0.4, 0.5) is 0 Å². The Morgan fingerprint density at radius 3 is 2.72 bits per heavy atom. The molecule has 1 fully saturated rings. The lowest BCUT2D eigenvalue weighted by molar-refractivity contribution is -0.131. The Morgan fingerprint density at radius 1 is 1.16 bits per heavy atom. The van der Waals surface area contributed by atoms with Gasteiger partial charge in [-0.2, -0.15) is 0 Å².